The minimum absolute atomic E-state index is 0.144. The Hall–Kier alpha value is -0.930. The van der Waals surface area contributed by atoms with Crippen molar-refractivity contribution < 1.29 is 9.50 Å². The monoisotopic (exact) mass is 279 g/mol. The molecule has 1 fully saturated rings. The molecule has 0 radical (unpaired) electrons. The third-order valence-electron chi connectivity index (χ3n) is 4.57. The molecule has 3 heteroatoms. The van der Waals surface area contributed by atoms with E-state index in [1.807, 2.05) is 19.2 Å². The summed E-state index contributed by atoms with van der Waals surface area (Å²) in [5, 5.41) is 10.2. The topological polar surface area (TPSA) is 23.5 Å². The molecule has 0 saturated heterocycles. The Morgan fingerprint density at radius 3 is 2.75 bits per heavy atom. The summed E-state index contributed by atoms with van der Waals surface area (Å²) in [6, 6.07) is 6.92. The van der Waals surface area contributed by atoms with Crippen LogP contribution in [-0.2, 0) is 6.54 Å². The second-order valence-corrected chi connectivity index (χ2v) is 6.20. The number of nitrogens with zero attached hydrogens (tertiary/aromatic N) is 1. The molecule has 2 nitrogen and oxygen atoms in total. The first-order valence-corrected chi connectivity index (χ1v) is 7.70. The zero-order valence-electron chi connectivity index (χ0n) is 12.6. The van der Waals surface area contributed by atoms with Crippen LogP contribution in [0.3, 0.4) is 0 Å². The van der Waals surface area contributed by atoms with Crippen molar-refractivity contribution >= 4 is 0 Å². The van der Waals surface area contributed by atoms with E-state index in [9.17, 15) is 9.50 Å². The van der Waals surface area contributed by atoms with Crippen molar-refractivity contribution in [1.82, 2.24) is 4.90 Å². The first-order chi connectivity index (χ1) is 9.60. The fraction of sp³-hybridized carbons (Fsp3) is 0.647. The van der Waals surface area contributed by atoms with Crippen LogP contribution < -0.4 is 0 Å². The lowest BCUT2D eigenvalue weighted by Gasteiger charge is -2.35. The molecular formula is C17H26FNO. The SMILES string of the molecule is CCC1CCC(O)C(CN(C)Cc2ccccc2F)C1. The highest BCUT2D eigenvalue weighted by Crippen LogP contribution is 2.31. The summed E-state index contributed by atoms with van der Waals surface area (Å²) >= 11 is 0. The second kappa shape index (κ2) is 7.19. The molecule has 2 rings (SSSR count). The second-order valence-electron chi connectivity index (χ2n) is 6.20. The lowest BCUT2D eigenvalue weighted by atomic mass is 9.78. The molecular weight excluding hydrogens is 253 g/mol. The fourth-order valence-corrected chi connectivity index (χ4v) is 3.29. The van der Waals surface area contributed by atoms with Crippen molar-refractivity contribution in [2.24, 2.45) is 11.8 Å². The highest BCUT2D eigenvalue weighted by Gasteiger charge is 2.29. The normalized spacial score (nSPS) is 26.9. The highest BCUT2D eigenvalue weighted by molar-refractivity contribution is 5.17. The van der Waals surface area contributed by atoms with Gasteiger partial charge < -0.3 is 10.0 Å². The van der Waals surface area contributed by atoms with Gasteiger partial charge >= 0.3 is 0 Å². The smallest absolute Gasteiger partial charge is 0.127 e. The fourth-order valence-electron chi connectivity index (χ4n) is 3.29. The molecule has 1 saturated carbocycles. The zero-order chi connectivity index (χ0) is 14.5. The molecule has 0 amide bonds. The molecule has 3 atom stereocenters. The summed E-state index contributed by atoms with van der Waals surface area (Å²) in [5.74, 6) is 0.922. The Balaban J connectivity index is 1.90. The van der Waals surface area contributed by atoms with Crippen LogP contribution in [0.2, 0.25) is 0 Å². The quantitative estimate of drug-likeness (QED) is 0.892. The molecule has 112 valence electrons. The van der Waals surface area contributed by atoms with Gasteiger partial charge in [0.05, 0.1) is 6.10 Å². The van der Waals surface area contributed by atoms with Gasteiger partial charge in [0.1, 0.15) is 5.82 Å². The van der Waals surface area contributed by atoms with E-state index in [0.29, 0.717) is 12.5 Å². The van der Waals surface area contributed by atoms with Gasteiger partial charge in [0.15, 0.2) is 0 Å². The Morgan fingerprint density at radius 2 is 2.05 bits per heavy atom. The van der Waals surface area contributed by atoms with E-state index in [1.54, 1.807) is 6.07 Å². The van der Waals surface area contributed by atoms with Gasteiger partial charge in [-0.25, -0.2) is 4.39 Å². The molecule has 1 aromatic rings. The van der Waals surface area contributed by atoms with Gasteiger partial charge in [-0.05, 0) is 44.2 Å². The van der Waals surface area contributed by atoms with E-state index in [1.165, 1.54) is 12.5 Å². The van der Waals surface area contributed by atoms with Crippen LogP contribution in [0, 0.1) is 17.7 Å². The van der Waals surface area contributed by atoms with Gasteiger partial charge in [-0.1, -0.05) is 31.5 Å². The number of rotatable bonds is 5. The number of aliphatic hydroxyl groups is 1. The Bertz CT molecular complexity index is 423. The van der Waals surface area contributed by atoms with Gasteiger partial charge in [-0.2, -0.15) is 0 Å². The van der Waals surface area contributed by atoms with Crippen molar-refractivity contribution in [3.63, 3.8) is 0 Å². The third-order valence-corrected chi connectivity index (χ3v) is 4.57. The minimum atomic E-state index is -0.194. The van der Waals surface area contributed by atoms with E-state index >= 15 is 0 Å². The predicted octanol–water partition coefficient (Wildman–Crippen LogP) is 3.44. The van der Waals surface area contributed by atoms with E-state index < -0.39 is 0 Å². The van der Waals surface area contributed by atoms with Crippen LogP contribution in [0.1, 0.15) is 38.2 Å². The van der Waals surface area contributed by atoms with Crippen molar-refractivity contribution in [3.8, 4) is 0 Å². The average Bonchev–Trinajstić information content (AvgIpc) is 2.44. The summed E-state index contributed by atoms with van der Waals surface area (Å²) in [6.45, 7) is 3.67. The lowest BCUT2D eigenvalue weighted by Crippen LogP contribution is -2.37. The maximum absolute atomic E-state index is 13.6. The molecule has 20 heavy (non-hydrogen) atoms. The summed E-state index contributed by atoms with van der Waals surface area (Å²) < 4.78 is 13.6. The third kappa shape index (κ3) is 4.03. The molecule has 0 aromatic heterocycles. The Kier molecular flexibility index (Phi) is 5.55. The summed E-state index contributed by atoms with van der Waals surface area (Å²) in [5.41, 5.74) is 0.729. The molecule has 1 aliphatic carbocycles. The molecule has 1 N–H and O–H groups in total. The number of aliphatic hydroxyl groups excluding tert-OH is 1. The lowest BCUT2D eigenvalue weighted by molar-refractivity contribution is 0.0297. The first-order valence-electron chi connectivity index (χ1n) is 7.70. The van der Waals surface area contributed by atoms with Crippen LogP contribution >= 0.6 is 0 Å². The van der Waals surface area contributed by atoms with Crippen molar-refractivity contribution in [3.05, 3.63) is 35.6 Å². The number of hydrogen-bond donors (Lipinski definition) is 1. The molecule has 3 unspecified atom stereocenters. The maximum Gasteiger partial charge on any atom is 0.127 e. The largest absolute Gasteiger partial charge is 0.393 e. The van der Waals surface area contributed by atoms with E-state index in [0.717, 1.165) is 37.3 Å². The van der Waals surface area contributed by atoms with E-state index in [4.69, 9.17) is 0 Å². The Labute approximate surface area is 121 Å². The summed E-state index contributed by atoms with van der Waals surface area (Å²) in [7, 11) is 2.01. The molecule has 0 spiro atoms. The van der Waals surface area contributed by atoms with Crippen molar-refractivity contribution in [2.75, 3.05) is 13.6 Å². The van der Waals surface area contributed by atoms with Gasteiger partial charge in [0, 0.05) is 18.7 Å². The Morgan fingerprint density at radius 1 is 1.30 bits per heavy atom. The number of benzene rings is 1. The van der Waals surface area contributed by atoms with Crippen LogP contribution in [0.25, 0.3) is 0 Å². The van der Waals surface area contributed by atoms with Gasteiger partial charge in [0.2, 0.25) is 0 Å². The average molecular weight is 279 g/mol. The van der Waals surface area contributed by atoms with E-state index in [2.05, 4.69) is 11.8 Å². The van der Waals surface area contributed by atoms with Crippen LogP contribution in [0.5, 0.6) is 0 Å². The summed E-state index contributed by atoms with van der Waals surface area (Å²) in [4.78, 5) is 2.13. The molecule has 0 aliphatic heterocycles. The van der Waals surface area contributed by atoms with Gasteiger partial charge in [-0.3, -0.25) is 0 Å². The predicted molar refractivity (Wildman–Crippen MR) is 79.9 cm³/mol. The van der Waals surface area contributed by atoms with Crippen LogP contribution in [-0.4, -0.2) is 29.7 Å². The van der Waals surface area contributed by atoms with Gasteiger partial charge in [0.25, 0.3) is 0 Å². The highest BCUT2D eigenvalue weighted by atomic mass is 19.1. The molecule has 1 aromatic carbocycles. The minimum Gasteiger partial charge on any atom is -0.393 e. The maximum atomic E-state index is 13.6. The zero-order valence-corrected chi connectivity index (χ0v) is 12.6. The van der Waals surface area contributed by atoms with Crippen molar-refractivity contribution in [1.29, 1.82) is 0 Å². The van der Waals surface area contributed by atoms with Crippen molar-refractivity contribution in [2.45, 2.75) is 45.3 Å². The van der Waals surface area contributed by atoms with Gasteiger partial charge in [-0.15, -0.1) is 0 Å². The molecule has 0 heterocycles. The summed E-state index contributed by atoms with van der Waals surface area (Å²) in [6.07, 6.45) is 4.16. The first kappa shape index (κ1) is 15.5. The van der Waals surface area contributed by atoms with Crippen LogP contribution in [0.15, 0.2) is 24.3 Å². The molecule has 0 bridgehead atoms. The standard InChI is InChI=1S/C17H26FNO/c1-3-13-8-9-17(20)15(10-13)12-19(2)11-14-6-4-5-7-16(14)18/h4-7,13,15,17,20H,3,8-12H2,1-2H3. The van der Waals surface area contributed by atoms with Crippen LogP contribution in [0.4, 0.5) is 4.39 Å². The number of hydrogen-bond acceptors (Lipinski definition) is 2. The molecule has 1 aliphatic rings. The van der Waals surface area contributed by atoms with E-state index in [-0.39, 0.29) is 11.9 Å². The number of halogens is 1.